The van der Waals surface area contributed by atoms with Crippen molar-refractivity contribution < 1.29 is 9.84 Å². The molecule has 116 valence electrons. The Hall–Kier alpha value is -1.35. The van der Waals surface area contributed by atoms with Crippen molar-refractivity contribution in [2.24, 2.45) is 10.9 Å². The lowest BCUT2D eigenvalue weighted by atomic mass is 9.65. The fraction of sp³-hybridized carbons (Fsp3) is 0.611. The van der Waals surface area contributed by atoms with Crippen LogP contribution in [0.15, 0.2) is 35.3 Å². The van der Waals surface area contributed by atoms with Crippen molar-refractivity contribution in [1.82, 2.24) is 0 Å². The van der Waals surface area contributed by atoms with E-state index in [1.54, 1.807) is 0 Å². The zero-order chi connectivity index (χ0) is 15.9. The number of hydrogen-bond acceptors (Lipinski definition) is 3. The maximum atomic E-state index is 9.46. The normalized spacial score (nSPS) is 30.4. The van der Waals surface area contributed by atoms with Crippen LogP contribution in [0.4, 0.5) is 0 Å². The standard InChI is InChI=1S/C18H27NO2/c1-13-15(19-16(2,3)12-20)21-17(4,5)18(13,6)14-10-8-7-9-11-14/h7-11,13,20H,12H2,1-6H3. The van der Waals surface area contributed by atoms with Crippen molar-refractivity contribution in [2.45, 2.75) is 58.1 Å². The van der Waals surface area contributed by atoms with Crippen LogP contribution in [0.5, 0.6) is 0 Å². The van der Waals surface area contributed by atoms with Gasteiger partial charge in [-0.15, -0.1) is 0 Å². The third-order valence-corrected chi connectivity index (χ3v) is 5.02. The smallest absolute Gasteiger partial charge is 0.188 e. The number of aliphatic imine (C=N–C) groups is 1. The van der Waals surface area contributed by atoms with Gasteiger partial charge in [0.1, 0.15) is 5.60 Å². The molecule has 1 aliphatic heterocycles. The van der Waals surface area contributed by atoms with Gasteiger partial charge < -0.3 is 9.84 Å². The number of ether oxygens (including phenoxy) is 1. The first-order valence-corrected chi connectivity index (χ1v) is 7.59. The van der Waals surface area contributed by atoms with Crippen LogP contribution in [0.1, 0.15) is 47.1 Å². The van der Waals surface area contributed by atoms with Crippen LogP contribution in [0.3, 0.4) is 0 Å². The lowest BCUT2D eigenvalue weighted by Gasteiger charge is -2.38. The van der Waals surface area contributed by atoms with Crippen molar-refractivity contribution in [2.75, 3.05) is 6.61 Å². The molecule has 0 amide bonds. The molecule has 1 aromatic rings. The summed E-state index contributed by atoms with van der Waals surface area (Å²) >= 11 is 0. The monoisotopic (exact) mass is 289 g/mol. The molecule has 1 N–H and O–H groups in total. The molecule has 2 atom stereocenters. The van der Waals surface area contributed by atoms with Crippen molar-refractivity contribution in [3.8, 4) is 0 Å². The molecule has 0 aliphatic carbocycles. The molecule has 3 heteroatoms. The summed E-state index contributed by atoms with van der Waals surface area (Å²) in [7, 11) is 0. The number of nitrogens with zero attached hydrogens (tertiary/aromatic N) is 1. The Labute approximate surface area is 128 Å². The molecule has 2 unspecified atom stereocenters. The average Bonchev–Trinajstić information content (AvgIpc) is 2.60. The summed E-state index contributed by atoms with van der Waals surface area (Å²) in [4.78, 5) is 4.67. The zero-order valence-corrected chi connectivity index (χ0v) is 14.0. The third-order valence-electron chi connectivity index (χ3n) is 5.02. The van der Waals surface area contributed by atoms with Gasteiger partial charge in [-0.1, -0.05) is 44.2 Å². The van der Waals surface area contributed by atoms with E-state index in [9.17, 15) is 5.11 Å². The van der Waals surface area contributed by atoms with E-state index in [4.69, 9.17) is 4.74 Å². The molecular formula is C18H27NO2. The van der Waals surface area contributed by atoms with E-state index >= 15 is 0 Å². The summed E-state index contributed by atoms with van der Waals surface area (Å²) in [5, 5.41) is 9.46. The number of rotatable bonds is 3. The molecule has 1 saturated heterocycles. The first kappa shape index (κ1) is 16.0. The van der Waals surface area contributed by atoms with E-state index in [1.165, 1.54) is 5.56 Å². The highest BCUT2D eigenvalue weighted by molar-refractivity contribution is 5.84. The molecule has 0 radical (unpaired) electrons. The molecule has 21 heavy (non-hydrogen) atoms. The molecular weight excluding hydrogens is 262 g/mol. The van der Waals surface area contributed by atoms with Gasteiger partial charge in [-0.25, -0.2) is 4.99 Å². The minimum absolute atomic E-state index is 0.00899. The minimum atomic E-state index is -0.512. The Balaban J connectivity index is 2.49. The molecule has 1 aromatic carbocycles. The summed E-state index contributed by atoms with van der Waals surface area (Å²) in [6, 6.07) is 10.5. The van der Waals surface area contributed by atoms with Gasteiger partial charge >= 0.3 is 0 Å². The Kier molecular flexibility index (Phi) is 3.92. The SMILES string of the molecule is CC1C(=NC(C)(C)CO)OC(C)(C)C1(C)c1ccccc1. The number of hydrogen-bond donors (Lipinski definition) is 1. The summed E-state index contributed by atoms with van der Waals surface area (Å²) in [5.74, 6) is 0.895. The van der Waals surface area contributed by atoms with Gasteiger partial charge in [-0.2, -0.15) is 0 Å². The Bertz CT molecular complexity index is 533. The molecule has 0 saturated carbocycles. The maximum Gasteiger partial charge on any atom is 0.188 e. The summed E-state index contributed by atoms with van der Waals surface area (Å²) in [6.07, 6.45) is 0. The maximum absolute atomic E-state index is 9.46. The van der Waals surface area contributed by atoms with Crippen LogP contribution in [0.25, 0.3) is 0 Å². The number of aliphatic hydroxyl groups excluding tert-OH is 1. The number of aliphatic hydroxyl groups is 1. The summed E-state index contributed by atoms with van der Waals surface area (Å²) in [5.41, 5.74) is 0.243. The van der Waals surface area contributed by atoms with Gasteiger partial charge in [0.15, 0.2) is 5.90 Å². The second-order valence-corrected chi connectivity index (χ2v) is 7.32. The second kappa shape index (κ2) is 5.13. The second-order valence-electron chi connectivity index (χ2n) is 7.32. The summed E-state index contributed by atoms with van der Waals surface area (Å²) < 4.78 is 6.21. The highest BCUT2D eigenvalue weighted by Crippen LogP contribution is 2.50. The van der Waals surface area contributed by atoms with Crippen LogP contribution in [-0.2, 0) is 10.2 Å². The fourth-order valence-electron chi connectivity index (χ4n) is 3.06. The van der Waals surface area contributed by atoms with Crippen LogP contribution >= 0.6 is 0 Å². The first-order chi connectivity index (χ1) is 9.64. The van der Waals surface area contributed by atoms with E-state index in [-0.39, 0.29) is 23.5 Å². The van der Waals surface area contributed by atoms with Crippen LogP contribution in [0, 0.1) is 5.92 Å². The largest absolute Gasteiger partial charge is 0.474 e. The predicted molar refractivity (Wildman–Crippen MR) is 86.7 cm³/mol. The first-order valence-electron chi connectivity index (χ1n) is 7.59. The topological polar surface area (TPSA) is 41.8 Å². The minimum Gasteiger partial charge on any atom is -0.474 e. The van der Waals surface area contributed by atoms with Gasteiger partial charge in [0, 0.05) is 11.3 Å². The van der Waals surface area contributed by atoms with Gasteiger partial charge in [0.2, 0.25) is 0 Å². The fourth-order valence-corrected chi connectivity index (χ4v) is 3.06. The van der Waals surface area contributed by atoms with Gasteiger partial charge in [-0.05, 0) is 33.3 Å². The van der Waals surface area contributed by atoms with Crippen LogP contribution in [-0.4, -0.2) is 28.8 Å². The average molecular weight is 289 g/mol. The van der Waals surface area contributed by atoms with E-state index in [0.29, 0.717) is 0 Å². The molecule has 2 rings (SSSR count). The third kappa shape index (κ3) is 2.59. The Morgan fingerprint density at radius 3 is 2.29 bits per heavy atom. The van der Waals surface area contributed by atoms with Crippen molar-refractivity contribution in [3.05, 3.63) is 35.9 Å². The van der Waals surface area contributed by atoms with E-state index in [2.05, 4.69) is 57.0 Å². The molecule has 0 spiro atoms. The predicted octanol–water partition coefficient (Wildman–Crippen LogP) is 3.56. The molecule has 1 aliphatic rings. The van der Waals surface area contributed by atoms with E-state index in [0.717, 1.165) is 5.90 Å². The summed E-state index contributed by atoms with van der Waals surface area (Å²) in [6.45, 7) is 12.5. The molecule has 1 fully saturated rings. The van der Waals surface area contributed by atoms with Gasteiger partial charge in [-0.3, -0.25) is 0 Å². The number of benzene rings is 1. The lowest BCUT2D eigenvalue weighted by Crippen LogP contribution is -2.44. The Morgan fingerprint density at radius 2 is 1.76 bits per heavy atom. The van der Waals surface area contributed by atoms with Crippen LogP contribution < -0.4 is 0 Å². The molecule has 3 nitrogen and oxygen atoms in total. The lowest BCUT2D eigenvalue weighted by molar-refractivity contribution is 0.0538. The molecule has 1 heterocycles. The zero-order valence-electron chi connectivity index (χ0n) is 14.0. The highest BCUT2D eigenvalue weighted by atomic mass is 16.5. The highest BCUT2D eigenvalue weighted by Gasteiger charge is 2.56. The quantitative estimate of drug-likeness (QED) is 0.924. The van der Waals surface area contributed by atoms with Crippen molar-refractivity contribution >= 4 is 5.90 Å². The van der Waals surface area contributed by atoms with Crippen molar-refractivity contribution in [1.29, 1.82) is 0 Å². The molecule has 0 bridgehead atoms. The van der Waals surface area contributed by atoms with Crippen LogP contribution in [0.2, 0.25) is 0 Å². The van der Waals surface area contributed by atoms with Gasteiger partial charge in [0.05, 0.1) is 12.1 Å². The van der Waals surface area contributed by atoms with E-state index in [1.807, 2.05) is 19.9 Å². The van der Waals surface area contributed by atoms with E-state index < -0.39 is 5.54 Å². The Morgan fingerprint density at radius 1 is 1.19 bits per heavy atom. The van der Waals surface area contributed by atoms with Gasteiger partial charge in [0.25, 0.3) is 0 Å². The molecule has 0 aromatic heterocycles. The van der Waals surface area contributed by atoms with Crippen molar-refractivity contribution in [3.63, 3.8) is 0 Å².